The lowest BCUT2D eigenvalue weighted by atomic mass is 9.96. The first-order valence-electron chi connectivity index (χ1n) is 12.4. The predicted molar refractivity (Wildman–Crippen MR) is 138 cm³/mol. The Morgan fingerprint density at radius 1 is 1.00 bits per heavy atom. The molecular formula is C29H32N4O2. The minimum Gasteiger partial charge on any atom is -0.456 e. The van der Waals surface area contributed by atoms with Gasteiger partial charge in [-0.3, -0.25) is 9.99 Å². The molecule has 6 nitrogen and oxygen atoms in total. The number of ether oxygens (including phenoxy) is 1. The molecule has 2 aromatic carbocycles. The highest BCUT2D eigenvalue weighted by atomic mass is 16.6. The molecule has 35 heavy (non-hydrogen) atoms. The van der Waals surface area contributed by atoms with Crippen molar-refractivity contribution in [3.63, 3.8) is 0 Å². The van der Waals surface area contributed by atoms with Crippen LogP contribution in [0.5, 0.6) is 0 Å². The molecule has 2 heterocycles. The van der Waals surface area contributed by atoms with E-state index < -0.39 is 5.60 Å². The van der Waals surface area contributed by atoms with Gasteiger partial charge in [0.15, 0.2) is 0 Å². The highest BCUT2D eigenvalue weighted by molar-refractivity contribution is 5.90. The molecule has 1 atom stereocenters. The van der Waals surface area contributed by atoms with Gasteiger partial charge in [0.1, 0.15) is 5.60 Å². The van der Waals surface area contributed by atoms with Crippen molar-refractivity contribution in [1.29, 1.82) is 0 Å². The number of rotatable bonds is 6. The predicted octanol–water partition coefficient (Wildman–Crippen LogP) is 6.06. The molecule has 1 aliphatic rings. The second-order valence-corrected chi connectivity index (χ2v) is 10.2. The van der Waals surface area contributed by atoms with E-state index in [-0.39, 0.29) is 12.0 Å². The molecular weight excluding hydrogens is 436 g/mol. The van der Waals surface area contributed by atoms with E-state index in [2.05, 4.69) is 45.1 Å². The summed E-state index contributed by atoms with van der Waals surface area (Å²) in [6.07, 6.45) is 10.2. The third kappa shape index (κ3) is 4.92. The van der Waals surface area contributed by atoms with E-state index in [1.54, 1.807) is 6.20 Å². The van der Waals surface area contributed by atoms with Gasteiger partial charge < -0.3 is 4.74 Å². The summed E-state index contributed by atoms with van der Waals surface area (Å²) in [5.41, 5.74) is 3.12. The van der Waals surface area contributed by atoms with Gasteiger partial charge in [-0.2, -0.15) is 9.89 Å². The van der Waals surface area contributed by atoms with Crippen molar-refractivity contribution in [1.82, 2.24) is 14.9 Å². The molecule has 5 rings (SSSR count). The second-order valence-electron chi connectivity index (χ2n) is 10.2. The number of hydrogen-bond donors (Lipinski definition) is 0. The van der Waals surface area contributed by atoms with Crippen molar-refractivity contribution in [2.75, 3.05) is 5.01 Å². The Bertz CT molecular complexity index is 1300. The fourth-order valence-electron chi connectivity index (χ4n) is 4.99. The van der Waals surface area contributed by atoms with Gasteiger partial charge in [0.25, 0.3) is 0 Å². The van der Waals surface area contributed by atoms with Gasteiger partial charge in [-0.1, -0.05) is 49.2 Å². The molecule has 4 aromatic rings. The molecule has 0 saturated heterocycles. The fourth-order valence-corrected chi connectivity index (χ4v) is 4.99. The number of hydrogen-bond acceptors (Lipinski definition) is 5. The quantitative estimate of drug-likeness (QED) is 0.322. The van der Waals surface area contributed by atoms with Crippen molar-refractivity contribution < 1.29 is 9.53 Å². The molecule has 1 aliphatic carbocycles. The Morgan fingerprint density at radius 2 is 1.77 bits per heavy atom. The average Bonchev–Trinajstić information content (AvgIpc) is 3.53. The van der Waals surface area contributed by atoms with Gasteiger partial charge in [-0.25, -0.2) is 4.79 Å². The van der Waals surface area contributed by atoms with E-state index in [4.69, 9.17) is 9.84 Å². The molecule has 0 N–H and O–H groups in total. The zero-order valence-corrected chi connectivity index (χ0v) is 20.6. The largest absolute Gasteiger partial charge is 0.456 e. The van der Waals surface area contributed by atoms with Gasteiger partial charge in [0.05, 0.1) is 23.3 Å². The van der Waals surface area contributed by atoms with Gasteiger partial charge >= 0.3 is 5.97 Å². The van der Waals surface area contributed by atoms with Crippen LogP contribution >= 0.6 is 0 Å². The smallest absolute Gasteiger partial charge is 0.338 e. The maximum Gasteiger partial charge on any atom is 0.338 e. The standard InChI is InChI=1S/C29H32N4O2/c1-29(2,3)35-28(34)22-12-8-11-21(18-22)27(24-13-9-17-30-19-24)32(25-14-5-6-15-25)33-26-16-7-4-10-23(26)20-31-33/h4,7-13,16-20,25,27H,5-6,14-15H2,1-3H3. The van der Waals surface area contributed by atoms with Crippen molar-refractivity contribution >= 4 is 16.9 Å². The molecule has 0 amide bonds. The first-order chi connectivity index (χ1) is 16.9. The summed E-state index contributed by atoms with van der Waals surface area (Å²) in [5, 5.41) is 8.34. The topological polar surface area (TPSA) is 60.2 Å². The van der Waals surface area contributed by atoms with Crippen LogP contribution in [-0.2, 0) is 4.74 Å². The highest BCUT2D eigenvalue weighted by Gasteiger charge is 2.33. The molecule has 1 fully saturated rings. The number of aromatic nitrogens is 3. The van der Waals surface area contributed by atoms with E-state index in [1.807, 2.05) is 63.5 Å². The number of nitrogens with zero attached hydrogens (tertiary/aromatic N) is 4. The number of para-hydroxylation sites is 1. The summed E-state index contributed by atoms with van der Waals surface area (Å²) < 4.78 is 5.67. The van der Waals surface area contributed by atoms with Crippen molar-refractivity contribution in [2.45, 2.75) is 64.1 Å². The fraction of sp³-hybridized carbons (Fsp3) is 0.345. The lowest BCUT2D eigenvalue weighted by Crippen LogP contribution is -2.46. The third-order valence-electron chi connectivity index (χ3n) is 6.48. The van der Waals surface area contributed by atoms with Crippen LogP contribution in [0.4, 0.5) is 0 Å². The average molecular weight is 469 g/mol. The van der Waals surface area contributed by atoms with Crippen LogP contribution in [0.2, 0.25) is 0 Å². The van der Waals surface area contributed by atoms with Gasteiger partial charge in [-0.15, -0.1) is 0 Å². The number of pyridine rings is 1. The van der Waals surface area contributed by atoms with E-state index in [1.165, 1.54) is 12.8 Å². The lowest BCUT2D eigenvalue weighted by molar-refractivity contribution is 0.00693. The van der Waals surface area contributed by atoms with Gasteiger partial charge in [0.2, 0.25) is 0 Å². The third-order valence-corrected chi connectivity index (χ3v) is 6.48. The van der Waals surface area contributed by atoms with Crippen LogP contribution in [0.25, 0.3) is 10.9 Å². The maximum absolute atomic E-state index is 12.9. The van der Waals surface area contributed by atoms with Gasteiger partial charge in [0, 0.05) is 23.8 Å². The van der Waals surface area contributed by atoms with Crippen LogP contribution in [0.15, 0.2) is 79.3 Å². The maximum atomic E-state index is 12.9. The highest BCUT2D eigenvalue weighted by Crippen LogP contribution is 2.35. The molecule has 0 spiro atoms. The molecule has 2 aromatic heterocycles. The zero-order chi connectivity index (χ0) is 24.4. The summed E-state index contributed by atoms with van der Waals surface area (Å²) in [5.74, 6) is -0.318. The van der Waals surface area contributed by atoms with E-state index in [9.17, 15) is 4.79 Å². The second kappa shape index (κ2) is 9.53. The number of benzene rings is 2. The Morgan fingerprint density at radius 3 is 2.51 bits per heavy atom. The van der Waals surface area contributed by atoms with Crippen LogP contribution in [0.3, 0.4) is 0 Å². The lowest BCUT2D eigenvalue weighted by Gasteiger charge is -2.39. The van der Waals surface area contributed by atoms with Crippen molar-refractivity contribution in [3.8, 4) is 0 Å². The number of carbonyl (C=O) groups is 1. The first-order valence-corrected chi connectivity index (χ1v) is 12.4. The van der Waals surface area contributed by atoms with Gasteiger partial charge in [-0.05, 0) is 69.0 Å². The zero-order valence-electron chi connectivity index (χ0n) is 20.6. The Labute approximate surface area is 206 Å². The summed E-state index contributed by atoms with van der Waals surface area (Å²) in [6.45, 7) is 5.66. The first kappa shape index (κ1) is 23.1. The molecule has 1 saturated carbocycles. The molecule has 180 valence electrons. The van der Waals surface area contributed by atoms with Crippen molar-refractivity contribution in [3.05, 3.63) is 95.9 Å². The summed E-state index contributed by atoms with van der Waals surface area (Å²) >= 11 is 0. The van der Waals surface area contributed by atoms with E-state index >= 15 is 0 Å². The van der Waals surface area contributed by atoms with Crippen LogP contribution in [0, 0.1) is 0 Å². The number of esters is 1. The summed E-state index contributed by atoms with van der Waals surface area (Å²) in [4.78, 5) is 19.4. The van der Waals surface area contributed by atoms with Crippen LogP contribution in [0.1, 0.15) is 74.0 Å². The molecule has 0 bridgehead atoms. The summed E-state index contributed by atoms with van der Waals surface area (Å²) in [6, 6.07) is 20.3. The normalized spacial score (nSPS) is 15.3. The number of carbonyl (C=O) groups excluding carboxylic acids is 1. The Balaban J connectivity index is 1.66. The Kier molecular flexibility index (Phi) is 6.29. The molecule has 6 heteroatoms. The minimum absolute atomic E-state index is 0.169. The van der Waals surface area contributed by atoms with Crippen molar-refractivity contribution in [2.24, 2.45) is 0 Å². The minimum atomic E-state index is -0.556. The Hall–Kier alpha value is -3.67. The molecule has 0 radical (unpaired) electrons. The SMILES string of the molecule is CC(C)(C)OC(=O)c1cccc(C(c2cccnc2)N(C2CCCC2)n2ncc3ccccc32)c1. The monoisotopic (exact) mass is 468 g/mol. The van der Waals surface area contributed by atoms with E-state index in [0.717, 1.165) is 34.9 Å². The van der Waals surface area contributed by atoms with E-state index in [0.29, 0.717) is 11.6 Å². The summed E-state index contributed by atoms with van der Waals surface area (Å²) in [7, 11) is 0. The van der Waals surface area contributed by atoms with Crippen LogP contribution in [-0.4, -0.2) is 32.5 Å². The molecule has 1 unspecified atom stereocenters. The van der Waals surface area contributed by atoms with Crippen LogP contribution < -0.4 is 5.01 Å². The molecule has 0 aliphatic heterocycles. The number of fused-ring (bicyclic) bond motifs is 1.